The lowest BCUT2D eigenvalue weighted by atomic mass is 9.85. The molecule has 1 aliphatic heterocycles. The first-order valence-corrected chi connectivity index (χ1v) is 12.8. The summed E-state index contributed by atoms with van der Waals surface area (Å²) in [5.74, 6) is 1.77. The molecular weight excluding hydrogens is 366 g/mol. The molecule has 2 unspecified atom stereocenters. The van der Waals surface area contributed by atoms with Crippen LogP contribution in [0.15, 0.2) is 18.2 Å². The maximum absolute atomic E-state index is 6.00. The van der Waals surface area contributed by atoms with Gasteiger partial charge in [0.1, 0.15) is 0 Å². The molecule has 0 saturated carbocycles. The fourth-order valence-corrected chi connectivity index (χ4v) is 5.11. The number of hydrogen-bond acceptors (Lipinski definition) is 3. The summed E-state index contributed by atoms with van der Waals surface area (Å²) in [6.45, 7) is 8.20. The van der Waals surface area contributed by atoms with E-state index in [4.69, 9.17) is 5.73 Å². The largest absolute Gasteiger partial charge is 0.399 e. The molecule has 1 heterocycles. The lowest BCUT2D eigenvalue weighted by Crippen LogP contribution is -2.22. The van der Waals surface area contributed by atoms with E-state index >= 15 is 0 Å². The quantitative estimate of drug-likeness (QED) is 0.250. The van der Waals surface area contributed by atoms with E-state index in [1.54, 1.807) is 0 Å². The van der Waals surface area contributed by atoms with Crippen molar-refractivity contribution in [2.24, 2.45) is 11.8 Å². The van der Waals surface area contributed by atoms with E-state index in [0.717, 1.165) is 17.5 Å². The predicted octanol–water partition coefficient (Wildman–Crippen LogP) is 6.89. The minimum atomic E-state index is 0.870. The van der Waals surface area contributed by atoms with Gasteiger partial charge in [-0.05, 0) is 76.0 Å². The highest BCUT2D eigenvalue weighted by molar-refractivity contribution is 5.58. The second kappa shape index (κ2) is 14.0. The number of nitrogens with two attached hydrogens (primary N) is 1. The molecule has 30 heavy (non-hydrogen) atoms. The third-order valence-electron chi connectivity index (χ3n) is 7.21. The van der Waals surface area contributed by atoms with Crippen LogP contribution in [0.2, 0.25) is 0 Å². The van der Waals surface area contributed by atoms with Crippen LogP contribution < -0.4 is 10.6 Å². The first-order valence-electron chi connectivity index (χ1n) is 12.8. The summed E-state index contributed by atoms with van der Waals surface area (Å²) in [6, 6.07) is 6.54. The van der Waals surface area contributed by atoms with Crippen molar-refractivity contribution < 1.29 is 0 Å². The van der Waals surface area contributed by atoms with Gasteiger partial charge in [0.2, 0.25) is 0 Å². The van der Waals surface area contributed by atoms with Crippen LogP contribution in [0.1, 0.15) is 89.5 Å². The Labute approximate surface area is 187 Å². The normalized spacial score (nSPS) is 17.8. The highest BCUT2D eigenvalue weighted by Crippen LogP contribution is 2.33. The maximum Gasteiger partial charge on any atom is 0.0370 e. The van der Waals surface area contributed by atoms with Crippen molar-refractivity contribution >= 4 is 11.4 Å². The number of anilines is 2. The van der Waals surface area contributed by atoms with Gasteiger partial charge >= 0.3 is 0 Å². The van der Waals surface area contributed by atoms with Gasteiger partial charge in [-0.2, -0.15) is 0 Å². The summed E-state index contributed by atoms with van der Waals surface area (Å²) in [7, 11) is 4.35. The molecule has 3 nitrogen and oxygen atoms in total. The standard InChI is InChI=1S/C27H49N3/c1-5-24(15-13-11-9-7-6-8-10-12-14-19-29(3)4)25-18-20-30(22-25)26-16-17-27(28)23(2)21-26/h16-17,21,24-25H,5-15,18-20,22,28H2,1-4H3. The number of nitrogen functional groups attached to an aromatic ring is 1. The Kier molecular flexibility index (Phi) is 11.7. The Morgan fingerprint density at radius 3 is 2.23 bits per heavy atom. The molecule has 0 bridgehead atoms. The Hall–Kier alpha value is -1.22. The fraction of sp³-hybridized carbons (Fsp3) is 0.778. The molecule has 2 atom stereocenters. The van der Waals surface area contributed by atoms with Crippen molar-refractivity contribution in [2.75, 3.05) is 44.4 Å². The van der Waals surface area contributed by atoms with Crippen LogP contribution in [0.4, 0.5) is 11.4 Å². The third kappa shape index (κ3) is 8.88. The van der Waals surface area contributed by atoms with Crippen LogP contribution in [-0.4, -0.2) is 38.6 Å². The van der Waals surface area contributed by atoms with Crippen molar-refractivity contribution in [3.63, 3.8) is 0 Å². The van der Waals surface area contributed by atoms with Gasteiger partial charge in [0.15, 0.2) is 0 Å². The number of hydrogen-bond donors (Lipinski definition) is 1. The SMILES string of the molecule is CCC(CCCCCCCCCCCN(C)C)C1CCN(c2ccc(N)c(C)c2)C1. The Balaban J connectivity index is 1.55. The van der Waals surface area contributed by atoms with Crippen LogP contribution >= 0.6 is 0 Å². The minimum Gasteiger partial charge on any atom is -0.399 e. The van der Waals surface area contributed by atoms with Crippen LogP contribution in [0.3, 0.4) is 0 Å². The van der Waals surface area contributed by atoms with Gasteiger partial charge in [-0.25, -0.2) is 0 Å². The smallest absolute Gasteiger partial charge is 0.0370 e. The molecule has 2 rings (SSSR count). The Morgan fingerprint density at radius 2 is 1.63 bits per heavy atom. The van der Waals surface area contributed by atoms with Crippen molar-refractivity contribution in [2.45, 2.75) is 90.9 Å². The predicted molar refractivity (Wildman–Crippen MR) is 134 cm³/mol. The first-order chi connectivity index (χ1) is 14.5. The van der Waals surface area contributed by atoms with E-state index < -0.39 is 0 Å². The van der Waals surface area contributed by atoms with Gasteiger partial charge in [0.25, 0.3) is 0 Å². The number of unbranched alkanes of at least 4 members (excludes halogenated alkanes) is 8. The molecule has 1 saturated heterocycles. The minimum absolute atomic E-state index is 0.870. The van der Waals surface area contributed by atoms with Gasteiger partial charge in [0.05, 0.1) is 0 Å². The second-order valence-electron chi connectivity index (χ2n) is 9.98. The summed E-state index contributed by atoms with van der Waals surface area (Å²) in [6.07, 6.45) is 17.0. The van der Waals surface area contributed by atoms with E-state index in [-0.39, 0.29) is 0 Å². The zero-order chi connectivity index (χ0) is 21.8. The summed E-state index contributed by atoms with van der Waals surface area (Å²) in [5, 5.41) is 0. The summed E-state index contributed by atoms with van der Waals surface area (Å²) >= 11 is 0. The highest BCUT2D eigenvalue weighted by Gasteiger charge is 2.28. The molecule has 1 aromatic carbocycles. The third-order valence-corrected chi connectivity index (χ3v) is 7.21. The van der Waals surface area contributed by atoms with Gasteiger partial charge in [-0.15, -0.1) is 0 Å². The van der Waals surface area contributed by atoms with Gasteiger partial charge < -0.3 is 15.5 Å². The van der Waals surface area contributed by atoms with Crippen molar-refractivity contribution in [1.29, 1.82) is 0 Å². The average molecular weight is 416 g/mol. The Morgan fingerprint density at radius 1 is 1.00 bits per heavy atom. The topological polar surface area (TPSA) is 32.5 Å². The van der Waals surface area contributed by atoms with Crippen LogP contribution in [-0.2, 0) is 0 Å². The number of rotatable bonds is 15. The van der Waals surface area contributed by atoms with E-state index in [2.05, 4.69) is 55.9 Å². The molecule has 0 amide bonds. The Bertz CT molecular complexity index is 583. The van der Waals surface area contributed by atoms with Gasteiger partial charge in [-0.1, -0.05) is 71.1 Å². The summed E-state index contributed by atoms with van der Waals surface area (Å²) in [5.41, 5.74) is 9.47. The molecule has 2 N–H and O–H groups in total. The van der Waals surface area contributed by atoms with E-state index in [1.807, 2.05) is 0 Å². The fourth-order valence-electron chi connectivity index (χ4n) is 5.11. The zero-order valence-corrected chi connectivity index (χ0v) is 20.5. The first kappa shape index (κ1) is 25.0. The maximum atomic E-state index is 6.00. The molecule has 0 aliphatic carbocycles. The molecular formula is C27H49N3. The highest BCUT2D eigenvalue weighted by atomic mass is 15.2. The number of nitrogens with zero attached hydrogens (tertiary/aromatic N) is 2. The number of aryl methyl sites for hydroxylation is 1. The van der Waals surface area contributed by atoms with Crippen LogP contribution in [0.25, 0.3) is 0 Å². The molecule has 3 heteroatoms. The molecule has 0 spiro atoms. The van der Waals surface area contributed by atoms with Crippen LogP contribution in [0.5, 0.6) is 0 Å². The lowest BCUT2D eigenvalue weighted by Gasteiger charge is -2.24. The van der Waals surface area contributed by atoms with Crippen LogP contribution in [0, 0.1) is 18.8 Å². The summed E-state index contributed by atoms with van der Waals surface area (Å²) in [4.78, 5) is 4.88. The number of benzene rings is 1. The molecule has 1 fully saturated rings. The monoisotopic (exact) mass is 415 g/mol. The van der Waals surface area contributed by atoms with Crippen molar-refractivity contribution in [3.05, 3.63) is 23.8 Å². The van der Waals surface area contributed by atoms with E-state index in [9.17, 15) is 0 Å². The molecule has 1 aliphatic rings. The van der Waals surface area contributed by atoms with Crippen molar-refractivity contribution in [3.8, 4) is 0 Å². The second-order valence-corrected chi connectivity index (χ2v) is 9.98. The van der Waals surface area contributed by atoms with E-state index in [1.165, 1.54) is 108 Å². The molecule has 0 aromatic heterocycles. The molecule has 0 radical (unpaired) electrons. The van der Waals surface area contributed by atoms with E-state index in [0.29, 0.717) is 0 Å². The molecule has 1 aromatic rings. The lowest BCUT2D eigenvalue weighted by molar-refractivity contribution is 0.315. The van der Waals surface area contributed by atoms with Crippen molar-refractivity contribution in [1.82, 2.24) is 4.90 Å². The zero-order valence-electron chi connectivity index (χ0n) is 20.5. The van der Waals surface area contributed by atoms with Gasteiger partial charge in [0, 0.05) is 24.5 Å². The summed E-state index contributed by atoms with van der Waals surface area (Å²) < 4.78 is 0. The average Bonchev–Trinajstić information content (AvgIpc) is 3.20. The van der Waals surface area contributed by atoms with Gasteiger partial charge in [-0.3, -0.25) is 0 Å². The molecule has 172 valence electrons.